The lowest BCUT2D eigenvalue weighted by Gasteiger charge is -2.27. The zero-order chi connectivity index (χ0) is 19.7. The number of carbonyl (C=O) groups excluding carboxylic acids is 1. The number of amides is 1. The molecule has 3 heterocycles. The molecule has 1 aliphatic heterocycles. The number of nitrogens with zero attached hydrogens (tertiary/aromatic N) is 3. The predicted molar refractivity (Wildman–Crippen MR) is 114 cm³/mol. The van der Waals surface area contributed by atoms with E-state index in [0.717, 1.165) is 53.9 Å². The fourth-order valence-electron chi connectivity index (χ4n) is 3.55. The first-order valence-corrected chi connectivity index (χ1v) is 9.99. The van der Waals surface area contributed by atoms with Gasteiger partial charge in [0.05, 0.1) is 11.3 Å². The average Bonchev–Trinajstić information content (AvgIpc) is 2.71. The number of benzene rings is 1. The summed E-state index contributed by atoms with van der Waals surface area (Å²) < 4.78 is 0. The monoisotopic (exact) mass is 394 g/mol. The molecule has 0 unspecified atom stereocenters. The summed E-state index contributed by atoms with van der Waals surface area (Å²) in [4.78, 5) is 24.1. The van der Waals surface area contributed by atoms with E-state index in [1.807, 2.05) is 49.1 Å². The summed E-state index contributed by atoms with van der Waals surface area (Å²) in [6.45, 7) is 5.48. The molecule has 0 radical (unpaired) electrons. The number of anilines is 2. The minimum Gasteiger partial charge on any atom is -0.354 e. The molecular formula is C22H23ClN4O. The summed E-state index contributed by atoms with van der Waals surface area (Å²) >= 11 is 6.30. The van der Waals surface area contributed by atoms with E-state index in [4.69, 9.17) is 11.6 Å². The quantitative estimate of drug-likeness (QED) is 0.657. The highest BCUT2D eigenvalue weighted by atomic mass is 35.5. The Labute approximate surface area is 169 Å². The van der Waals surface area contributed by atoms with E-state index in [1.54, 1.807) is 6.20 Å². The molecule has 2 aromatic heterocycles. The molecule has 4 rings (SSSR count). The minimum atomic E-state index is 0.00961. The van der Waals surface area contributed by atoms with Crippen LogP contribution in [0.3, 0.4) is 0 Å². The summed E-state index contributed by atoms with van der Waals surface area (Å²) in [5.41, 5.74) is 4.64. The lowest BCUT2D eigenvalue weighted by Crippen LogP contribution is -2.36. The van der Waals surface area contributed by atoms with Crippen LogP contribution in [-0.2, 0) is 0 Å². The van der Waals surface area contributed by atoms with Crippen molar-refractivity contribution in [2.45, 2.75) is 33.1 Å². The molecule has 28 heavy (non-hydrogen) atoms. The SMILES string of the molecule is Cc1ccc2c(Nc3ccc(C)c(Cl)c3)c(C(=O)N3CCCCC3)cnc2n1. The summed E-state index contributed by atoms with van der Waals surface area (Å²) in [5, 5.41) is 4.92. The first-order chi connectivity index (χ1) is 13.5. The van der Waals surface area contributed by atoms with Gasteiger partial charge in [0.15, 0.2) is 5.65 Å². The number of nitrogens with one attached hydrogen (secondary N) is 1. The molecule has 0 atom stereocenters. The van der Waals surface area contributed by atoms with Crippen molar-refractivity contribution in [3.05, 3.63) is 58.4 Å². The van der Waals surface area contributed by atoms with Gasteiger partial charge in [0, 0.05) is 41.1 Å². The normalized spacial score (nSPS) is 14.3. The van der Waals surface area contributed by atoms with Crippen molar-refractivity contribution >= 4 is 39.9 Å². The second kappa shape index (κ2) is 7.76. The molecule has 5 nitrogen and oxygen atoms in total. The zero-order valence-electron chi connectivity index (χ0n) is 16.1. The van der Waals surface area contributed by atoms with Gasteiger partial charge in [-0.1, -0.05) is 17.7 Å². The number of halogens is 1. The number of hydrogen-bond acceptors (Lipinski definition) is 4. The van der Waals surface area contributed by atoms with Crippen molar-refractivity contribution in [2.75, 3.05) is 18.4 Å². The molecule has 0 bridgehead atoms. The third-order valence-corrected chi connectivity index (χ3v) is 5.59. The average molecular weight is 395 g/mol. The van der Waals surface area contributed by atoms with E-state index in [9.17, 15) is 4.79 Å². The fraction of sp³-hybridized carbons (Fsp3) is 0.318. The van der Waals surface area contributed by atoms with Crippen LogP contribution in [0, 0.1) is 13.8 Å². The van der Waals surface area contributed by atoms with Crippen molar-refractivity contribution in [3.63, 3.8) is 0 Å². The minimum absolute atomic E-state index is 0.00961. The van der Waals surface area contributed by atoms with E-state index in [2.05, 4.69) is 15.3 Å². The first kappa shape index (κ1) is 18.7. The lowest BCUT2D eigenvalue weighted by molar-refractivity contribution is 0.0725. The largest absolute Gasteiger partial charge is 0.354 e. The van der Waals surface area contributed by atoms with Gasteiger partial charge in [-0.2, -0.15) is 0 Å². The van der Waals surface area contributed by atoms with E-state index in [-0.39, 0.29) is 5.91 Å². The number of carbonyl (C=O) groups is 1. The number of likely N-dealkylation sites (tertiary alicyclic amines) is 1. The van der Waals surface area contributed by atoms with Crippen molar-refractivity contribution < 1.29 is 4.79 Å². The number of piperidine rings is 1. The van der Waals surface area contributed by atoms with Crippen LogP contribution in [0.2, 0.25) is 5.02 Å². The van der Waals surface area contributed by atoms with Crippen molar-refractivity contribution in [3.8, 4) is 0 Å². The molecule has 0 aliphatic carbocycles. The Morgan fingerprint density at radius 1 is 1.11 bits per heavy atom. The van der Waals surface area contributed by atoms with Crippen LogP contribution in [-0.4, -0.2) is 33.9 Å². The highest BCUT2D eigenvalue weighted by Crippen LogP contribution is 2.31. The molecule has 1 N–H and O–H groups in total. The Morgan fingerprint density at radius 2 is 1.89 bits per heavy atom. The molecule has 1 amide bonds. The third-order valence-electron chi connectivity index (χ3n) is 5.18. The van der Waals surface area contributed by atoms with Gasteiger partial charge in [-0.15, -0.1) is 0 Å². The molecule has 0 spiro atoms. The highest BCUT2D eigenvalue weighted by molar-refractivity contribution is 6.31. The van der Waals surface area contributed by atoms with Crippen molar-refractivity contribution in [1.82, 2.24) is 14.9 Å². The van der Waals surface area contributed by atoms with Gasteiger partial charge in [-0.3, -0.25) is 4.79 Å². The van der Waals surface area contributed by atoms with Gasteiger partial charge in [-0.05, 0) is 62.9 Å². The van der Waals surface area contributed by atoms with Crippen LogP contribution < -0.4 is 5.32 Å². The maximum Gasteiger partial charge on any atom is 0.257 e. The maximum absolute atomic E-state index is 13.2. The number of aromatic nitrogens is 2. The maximum atomic E-state index is 13.2. The van der Waals surface area contributed by atoms with Crippen LogP contribution in [0.1, 0.15) is 40.9 Å². The van der Waals surface area contributed by atoms with E-state index in [0.29, 0.717) is 16.2 Å². The van der Waals surface area contributed by atoms with Gasteiger partial charge in [0.1, 0.15) is 0 Å². The fourth-order valence-corrected chi connectivity index (χ4v) is 3.73. The van der Waals surface area contributed by atoms with Crippen LogP contribution in [0.15, 0.2) is 36.5 Å². The van der Waals surface area contributed by atoms with Crippen LogP contribution in [0.5, 0.6) is 0 Å². The lowest BCUT2D eigenvalue weighted by atomic mass is 10.1. The van der Waals surface area contributed by atoms with Crippen molar-refractivity contribution in [2.24, 2.45) is 0 Å². The molecule has 6 heteroatoms. The second-order valence-corrected chi connectivity index (χ2v) is 7.72. The van der Waals surface area contributed by atoms with Gasteiger partial charge in [-0.25, -0.2) is 9.97 Å². The summed E-state index contributed by atoms with van der Waals surface area (Å²) in [5.74, 6) is 0.00961. The number of pyridine rings is 2. The Bertz CT molecular complexity index is 1040. The predicted octanol–water partition coefficient (Wildman–Crippen LogP) is 5.27. The summed E-state index contributed by atoms with van der Waals surface area (Å²) in [6.07, 6.45) is 4.91. The molecule has 144 valence electrons. The highest BCUT2D eigenvalue weighted by Gasteiger charge is 2.23. The molecule has 0 saturated carbocycles. The Balaban J connectivity index is 1.81. The van der Waals surface area contributed by atoms with Crippen LogP contribution in [0.4, 0.5) is 11.4 Å². The molecule has 1 aromatic carbocycles. The molecule has 1 saturated heterocycles. The molecule has 3 aromatic rings. The number of rotatable bonds is 3. The topological polar surface area (TPSA) is 58.1 Å². The first-order valence-electron chi connectivity index (χ1n) is 9.62. The van der Waals surface area contributed by atoms with Gasteiger partial charge >= 0.3 is 0 Å². The van der Waals surface area contributed by atoms with Gasteiger partial charge < -0.3 is 10.2 Å². The molecule has 1 aliphatic rings. The molecule has 1 fully saturated rings. The number of fused-ring (bicyclic) bond motifs is 1. The molecular weight excluding hydrogens is 372 g/mol. The van der Waals surface area contributed by atoms with Crippen molar-refractivity contribution in [1.29, 1.82) is 0 Å². The zero-order valence-corrected chi connectivity index (χ0v) is 16.9. The standard InChI is InChI=1S/C22H23ClN4O/c1-14-6-8-16(12-19(14)23)26-20-17-9-7-15(2)25-21(17)24-13-18(20)22(28)27-10-4-3-5-11-27/h6-9,12-13H,3-5,10-11H2,1-2H3,(H,24,25,26). The second-order valence-electron chi connectivity index (χ2n) is 7.31. The van der Waals surface area contributed by atoms with E-state index >= 15 is 0 Å². The van der Waals surface area contributed by atoms with E-state index in [1.165, 1.54) is 6.42 Å². The summed E-state index contributed by atoms with van der Waals surface area (Å²) in [7, 11) is 0. The van der Waals surface area contributed by atoms with E-state index < -0.39 is 0 Å². The Kier molecular flexibility index (Phi) is 5.18. The Hall–Kier alpha value is -2.66. The third kappa shape index (κ3) is 3.67. The number of hydrogen-bond donors (Lipinski definition) is 1. The summed E-state index contributed by atoms with van der Waals surface area (Å²) in [6, 6.07) is 9.70. The van der Waals surface area contributed by atoms with Crippen LogP contribution in [0.25, 0.3) is 11.0 Å². The Morgan fingerprint density at radius 3 is 2.64 bits per heavy atom. The van der Waals surface area contributed by atoms with Gasteiger partial charge in [0.25, 0.3) is 5.91 Å². The van der Waals surface area contributed by atoms with Crippen LogP contribution >= 0.6 is 11.6 Å². The van der Waals surface area contributed by atoms with Gasteiger partial charge in [0.2, 0.25) is 0 Å². The number of aryl methyl sites for hydroxylation is 2. The smallest absolute Gasteiger partial charge is 0.257 e.